The van der Waals surface area contributed by atoms with Crippen LogP contribution in [0.2, 0.25) is 0 Å². The molecule has 0 bridgehead atoms. The molecule has 0 spiro atoms. The number of carboxylic acids is 1. The average molecular weight is 577 g/mol. The number of hydrogen-bond donors (Lipinski definition) is 1. The Bertz CT molecular complexity index is 1420. The molecule has 0 saturated carbocycles. The predicted octanol–water partition coefficient (Wildman–Crippen LogP) is 5.87. The Morgan fingerprint density at radius 1 is 1.05 bits per heavy atom. The quantitative estimate of drug-likeness (QED) is 0.279. The summed E-state index contributed by atoms with van der Waals surface area (Å²) in [5.41, 5.74) is 4.20. The van der Waals surface area contributed by atoms with Crippen molar-refractivity contribution in [1.29, 1.82) is 0 Å². The molecular weight excluding hydrogens is 552 g/mol. The number of halogens is 1. The molecule has 8 nitrogen and oxygen atoms in total. The second kappa shape index (κ2) is 11.5. The van der Waals surface area contributed by atoms with Crippen molar-refractivity contribution in [3.63, 3.8) is 0 Å². The maximum atomic E-state index is 12.9. The zero-order chi connectivity index (χ0) is 26.5. The first-order valence-electron chi connectivity index (χ1n) is 12.1. The van der Waals surface area contributed by atoms with Gasteiger partial charge in [-0.1, -0.05) is 52.3 Å². The molecule has 0 aliphatic carbocycles. The average Bonchev–Trinajstić information content (AvgIpc) is 3.41. The Kier molecular flexibility index (Phi) is 7.74. The van der Waals surface area contributed by atoms with Gasteiger partial charge in [0, 0.05) is 22.9 Å². The molecule has 5 rings (SSSR count). The summed E-state index contributed by atoms with van der Waals surface area (Å²) in [7, 11) is 0. The normalized spacial score (nSPS) is 14.6. The number of hydrogen-bond acceptors (Lipinski definition) is 6. The third-order valence-electron chi connectivity index (χ3n) is 6.30. The number of aliphatic carboxylic acids is 1. The van der Waals surface area contributed by atoms with E-state index in [1.54, 1.807) is 6.26 Å². The number of carboxylic acid groups (broad SMARTS) is 1. The Balaban J connectivity index is 1.21. The summed E-state index contributed by atoms with van der Waals surface area (Å²) in [4.78, 5) is 30.6. The highest BCUT2D eigenvalue weighted by Gasteiger charge is 2.35. The number of amides is 1. The number of benzene rings is 3. The summed E-state index contributed by atoms with van der Waals surface area (Å²) in [6, 6.07) is 21.6. The molecule has 38 heavy (non-hydrogen) atoms. The first-order valence-corrected chi connectivity index (χ1v) is 12.9. The van der Waals surface area contributed by atoms with E-state index in [2.05, 4.69) is 20.9 Å². The van der Waals surface area contributed by atoms with E-state index in [0.29, 0.717) is 24.7 Å². The third kappa shape index (κ3) is 6.06. The van der Waals surface area contributed by atoms with E-state index in [0.717, 1.165) is 32.4 Å². The minimum absolute atomic E-state index is 0.0546. The van der Waals surface area contributed by atoms with Crippen LogP contribution in [0.15, 0.2) is 87.9 Å². The predicted molar refractivity (Wildman–Crippen MR) is 143 cm³/mol. The number of carbonyl (C=O) groups excluding carboxylic acids is 1. The summed E-state index contributed by atoms with van der Waals surface area (Å²) in [6.07, 6.45) is 1.71. The van der Waals surface area contributed by atoms with Gasteiger partial charge in [-0.25, -0.2) is 14.6 Å². The summed E-state index contributed by atoms with van der Waals surface area (Å²) in [5, 5.41) is 9.76. The fourth-order valence-electron chi connectivity index (χ4n) is 4.28. The highest BCUT2D eigenvalue weighted by molar-refractivity contribution is 9.10. The molecule has 1 aliphatic rings. The van der Waals surface area contributed by atoms with Gasteiger partial charge in [-0.3, -0.25) is 4.90 Å². The molecule has 4 aromatic rings. The Morgan fingerprint density at radius 2 is 1.84 bits per heavy atom. The topological polar surface area (TPSA) is 102 Å². The summed E-state index contributed by atoms with van der Waals surface area (Å²) in [5.74, 6) is 0.126. The summed E-state index contributed by atoms with van der Waals surface area (Å²) < 4.78 is 17.9. The van der Waals surface area contributed by atoms with Crippen molar-refractivity contribution in [2.75, 3.05) is 6.61 Å². The molecule has 2 heterocycles. The van der Waals surface area contributed by atoms with E-state index in [1.165, 1.54) is 4.90 Å². The molecule has 1 aromatic heterocycles. The lowest BCUT2D eigenvalue weighted by Gasteiger charge is -2.33. The van der Waals surface area contributed by atoms with Crippen molar-refractivity contribution in [3.05, 3.63) is 106 Å². The van der Waals surface area contributed by atoms with Gasteiger partial charge in [0.05, 0.1) is 18.8 Å². The third-order valence-corrected chi connectivity index (χ3v) is 6.83. The molecule has 1 unspecified atom stereocenters. The molecule has 1 N–H and O–H groups in total. The minimum atomic E-state index is -1.07. The maximum absolute atomic E-state index is 12.9. The van der Waals surface area contributed by atoms with Gasteiger partial charge in [-0.2, -0.15) is 0 Å². The number of rotatable bonds is 8. The summed E-state index contributed by atoms with van der Waals surface area (Å²) >= 11 is 3.37. The number of aromatic nitrogens is 1. The van der Waals surface area contributed by atoms with Crippen LogP contribution in [0.1, 0.15) is 22.4 Å². The van der Waals surface area contributed by atoms with Gasteiger partial charge in [0.15, 0.2) is 0 Å². The van der Waals surface area contributed by atoms with Crippen LogP contribution in [0, 0.1) is 0 Å². The molecule has 1 atom stereocenters. The molecule has 3 aromatic carbocycles. The van der Waals surface area contributed by atoms with Gasteiger partial charge in [0.2, 0.25) is 5.89 Å². The van der Waals surface area contributed by atoms with Crippen molar-refractivity contribution in [2.45, 2.75) is 32.0 Å². The molecule has 0 saturated heterocycles. The van der Waals surface area contributed by atoms with Crippen molar-refractivity contribution >= 4 is 28.0 Å². The second-order valence-corrected chi connectivity index (χ2v) is 9.82. The van der Waals surface area contributed by atoms with Gasteiger partial charge in [-0.15, -0.1) is 0 Å². The zero-order valence-corrected chi connectivity index (χ0v) is 22.0. The van der Waals surface area contributed by atoms with Crippen LogP contribution in [-0.4, -0.2) is 39.7 Å². The SMILES string of the molecule is O=C(O)C1Cc2ccc(OCCc3coc(-c4ccccc4)n3)cc2CN1C(=O)OCc1ccc(Br)cc1. The van der Waals surface area contributed by atoms with E-state index in [1.807, 2.05) is 72.8 Å². The largest absolute Gasteiger partial charge is 0.493 e. The second-order valence-electron chi connectivity index (χ2n) is 8.91. The Morgan fingerprint density at radius 3 is 2.61 bits per heavy atom. The molecule has 1 amide bonds. The standard InChI is InChI=1S/C29H25BrN2O6/c30-23-9-6-19(7-10-23)17-38-29(35)32-16-22-14-25(11-8-21(22)15-26(32)28(33)34)36-13-12-24-18-37-27(31-24)20-4-2-1-3-5-20/h1-11,14,18,26H,12-13,15-17H2,(H,33,34). The van der Waals surface area contributed by atoms with Crippen LogP contribution >= 0.6 is 15.9 Å². The number of fused-ring (bicyclic) bond motifs is 1. The summed E-state index contributed by atoms with van der Waals surface area (Å²) in [6.45, 7) is 0.557. The fraction of sp³-hybridized carbons (Fsp3) is 0.207. The monoisotopic (exact) mass is 576 g/mol. The van der Waals surface area contributed by atoms with E-state index in [4.69, 9.17) is 13.9 Å². The van der Waals surface area contributed by atoms with E-state index in [-0.39, 0.29) is 19.6 Å². The van der Waals surface area contributed by atoms with Crippen LogP contribution in [0.3, 0.4) is 0 Å². The van der Waals surface area contributed by atoms with Crippen LogP contribution < -0.4 is 4.74 Å². The fourth-order valence-corrected chi connectivity index (χ4v) is 4.54. The molecule has 0 fully saturated rings. The lowest BCUT2D eigenvalue weighted by Crippen LogP contribution is -2.48. The number of nitrogens with zero attached hydrogens (tertiary/aromatic N) is 2. The van der Waals surface area contributed by atoms with Gasteiger partial charge in [0.1, 0.15) is 24.7 Å². The van der Waals surface area contributed by atoms with Crippen molar-refractivity contribution in [1.82, 2.24) is 9.88 Å². The van der Waals surface area contributed by atoms with Crippen LogP contribution in [0.25, 0.3) is 11.5 Å². The van der Waals surface area contributed by atoms with Crippen molar-refractivity contribution in [2.24, 2.45) is 0 Å². The van der Waals surface area contributed by atoms with Gasteiger partial charge in [0.25, 0.3) is 0 Å². The lowest BCUT2D eigenvalue weighted by molar-refractivity contribution is -0.143. The lowest BCUT2D eigenvalue weighted by atomic mass is 9.94. The number of carbonyl (C=O) groups is 2. The van der Waals surface area contributed by atoms with Gasteiger partial charge < -0.3 is 19.0 Å². The highest BCUT2D eigenvalue weighted by atomic mass is 79.9. The van der Waals surface area contributed by atoms with E-state index >= 15 is 0 Å². The number of ether oxygens (including phenoxy) is 2. The first kappa shape index (κ1) is 25.5. The maximum Gasteiger partial charge on any atom is 0.411 e. The van der Waals surface area contributed by atoms with Crippen LogP contribution in [0.5, 0.6) is 5.75 Å². The zero-order valence-electron chi connectivity index (χ0n) is 20.4. The van der Waals surface area contributed by atoms with Gasteiger partial charge >= 0.3 is 12.1 Å². The van der Waals surface area contributed by atoms with E-state index < -0.39 is 18.1 Å². The molecule has 0 radical (unpaired) electrons. The van der Waals surface area contributed by atoms with Crippen LogP contribution in [0.4, 0.5) is 4.79 Å². The minimum Gasteiger partial charge on any atom is -0.493 e. The van der Waals surface area contributed by atoms with Crippen molar-refractivity contribution < 1.29 is 28.6 Å². The van der Waals surface area contributed by atoms with Crippen molar-refractivity contribution in [3.8, 4) is 17.2 Å². The number of oxazole rings is 1. The first-order chi connectivity index (χ1) is 18.5. The van der Waals surface area contributed by atoms with Gasteiger partial charge in [-0.05, 0) is 53.1 Å². The molecule has 9 heteroatoms. The molecule has 194 valence electrons. The molecule has 1 aliphatic heterocycles. The van der Waals surface area contributed by atoms with E-state index in [9.17, 15) is 14.7 Å². The Labute approximate surface area is 228 Å². The smallest absolute Gasteiger partial charge is 0.411 e. The highest BCUT2D eigenvalue weighted by Crippen LogP contribution is 2.28. The Hall–Kier alpha value is -4.11. The van der Waals surface area contributed by atoms with Crippen LogP contribution in [-0.2, 0) is 35.5 Å². The molecular formula is C29H25BrN2O6.